The van der Waals surface area contributed by atoms with E-state index in [2.05, 4.69) is 17.2 Å². The molecule has 0 atom stereocenters. The van der Waals surface area contributed by atoms with Crippen molar-refractivity contribution in [3.8, 4) is 11.3 Å². The Bertz CT molecular complexity index is 518. The van der Waals surface area contributed by atoms with Crippen molar-refractivity contribution in [2.24, 2.45) is 0 Å². The van der Waals surface area contributed by atoms with Gasteiger partial charge in [0.15, 0.2) is 0 Å². The van der Waals surface area contributed by atoms with Gasteiger partial charge >= 0.3 is 0 Å². The minimum atomic E-state index is -0.223. The predicted molar refractivity (Wildman–Crippen MR) is 73.1 cm³/mol. The number of halogens is 1. The van der Waals surface area contributed by atoms with Crippen LogP contribution in [0, 0.1) is 12.7 Å². The summed E-state index contributed by atoms with van der Waals surface area (Å²) in [5.74, 6) is -0.223. The number of hydrogen-bond donors (Lipinski definition) is 1. The van der Waals surface area contributed by atoms with E-state index in [0.29, 0.717) is 0 Å². The summed E-state index contributed by atoms with van der Waals surface area (Å²) in [6, 6.07) is 8.84. The van der Waals surface area contributed by atoms with Crippen LogP contribution < -0.4 is 5.32 Å². The summed E-state index contributed by atoms with van der Waals surface area (Å²) < 4.78 is 13.4. The predicted octanol–water partition coefficient (Wildman–Crippen LogP) is 4.02. The van der Waals surface area contributed by atoms with Crippen molar-refractivity contribution in [1.82, 2.24) is 4.98 Å². The molecule has 1 aromatic heterocycles. The Morgan fingerprint density at radius 3 is 2.78 bits per heavy atom. The molecule has 0 spiro atoms. The van der Waals surface area contributed by atoms with E-state index in [1.807, 2.05) is 25.1 Å². The zero-order valence-corrected chi connectivity index (χ0v) is 10.7. The Kier molecular flexibility index (Phi) is 3.92. The molecule has 0 fully saturated rings. The van der Waals surface area contributed by atoms with Gasteiger partial charge in [0.1, 0.15) is 5.82 Å². The molecule has 1 aromatic carbocycles. The van der Waals surface area contributed by atoms with Crippen molar-refractivity contribution in [2.45, 2.75) is 20.3 Å². The van der Waals surface area contributed by atoms with E-state index in [4.69, 9.17) is 0 Å². The minimum absolute atomic E-state index is 0.223. The summed E-state index contributed by atoms with van der Waals surface area (Å²) in [5, 5.41) is 3.30. The van der Waals surface area contributed by atoms with E-state index < -0.39 is 0 Å². The average molecular weight is 244 g/mol. The van der Waals surface area contributed by atoms with Gasteiger partial charge in [-0.1, -0.05) is 6.92 Å². The van der Waals surface area contributed by atoms with Crippen LogP contribution in [0.2, 0.25) is 0 Å². The lowest BCUT2D eigenvalue weighted by molar-refractivity contribution is 0.627. The number of benzene rings is 1. The van der Waals surface area contributed by atoms with Crippen LogP contribution in [0.1, 0.15) is 18.9 Å². The maximum Gasteiger partial charge on any atom is 0.124 e. The van der Waals surface area contributed by atoms with Crippen LogP contribution in [-0.4, -0.2) is 11.5 Å². The molecule has 0 unspecified atom stereocenters. The van der Waals surface area contributed by atoms with Crippen molar-refractivity contribution in [3.63, 3.8) is 0 Å². The molecule has 1 N–H and O–H groups in total. The van der Waals surface area contributed by atoms with Crippen LogP contribution in [-0.2, 0) is 0 Å². The van der Waals surface area contributed by atoms with Crippen molar-refractivity contribution >= 4 is 5.69 Å². The van der Waals surface area contributed by atoms with Gasteiger partial charge in [0.25, 0.3) is 0 Å². The first kappa shape index (κ1) is 12.6. The molecular weight excluding hydrogens is 227 g/mol. The zero-order valence-electron chi connectivity index (χ0n) is 10.7. The molecular formula is C15H17FN2. The smallest absolute Gasteiger partial charge is 0.124 e. The number of pyridine rings is 1. The quantitative estimate of drug-likeness (QED) is 0.878. The number of aryl methyl sites for hydroxylation is 1. The first-order chi connectivity index (χ1) is 8.69. The van der Waals surface area contributed by atoms with Gasteiger partial charge in [-0.3, -0.25) is 4.98 Å². The van der Waals surface area contributed by atoms with Gasteiger partial charge < -0.3 is 5.32 Å². The molecule has 0 aliphatic carbocycles. The lowest BCUT2D eigenvalue weighted by atomic mass is 10.1. The van der Waals surface area contributed by atoms with Crippen LogP contribution in [0.5, 0.6) is 0 Å². The van der Waals surface area contributed by atoms with Gasteiger partial charge in [-0.15, -0.1) is 0 Å². The van der Waals surface area contributed by atoms with Crippen LogP contribution in [0.15, 0.2) is 36.5 Å². The van der Waals surface area contributed by atoms with E-state index in [1.54, 1.807) is 6.20 Å². The molecule has 2 aromatic rings. The molecule has 0 amide bonds. The fourth-order valence-corrected chi connectivity index (χ4v) is 1.85. The molecule has 0 aliphatic rings. The summed E-state index contributed by atoms with van der Waals surface area (Å²) in [5.41, 5.74) is 3.52. The number of aromatic nitrogens is 1. The van der Waals surface area contributed by atoms with E-state index in [0.717, 1.165) is 35.5 Å². The zero-order chi connectivity index (χ0) is 13.0. The molecule has 0 radical (unpaired) electrons. The highest BCUT2D eigenvalue weighted by molar-refractivity contribution is 5.64. The molecule has 2 nitrogen and oxygen atoms in total. The Hall–Kier alpha value is -1.90. The molecule has 0 saturated heterocycles. The third-order valence-electron chi connectivity index (χ3n) is 2.68. The maximum atomic E-state index is 13.4. The first-order valence-electron chi connectivity index (χ1n) is 6.16. The lowest BCUT2D eigenvalue weighted by Gasteiger charge is -2.07. The standard InChI is InChI=1S/C15H17FN2/c1-3-5-17-14-4-6-18-15(10-14)12-7-11(2)8-13(16)9-12/h4,6-10H,3,5H2,1-2H3,(H,17,18). The Labute approximate surface area is 107 Å². The van der Waals surface area contributed by atoms with Crippen molar-refractivity contribution in [2.75, 3.05) is 11.9 Å². The molecule has 1 heterocycles. The third kappa shape index (κ3) is 3.06. The lowest BCUT2D eigenvalue weighted by Crippen LogP contribution is -2.00. The Morgan fingerprint density at radius 2 is 2.06 bits per heavy atom. The summed E-state index contributed by atoms with van der Waals surface area (Å²) in [6.45, 7) is 4.92. The molecule has 94 valence electrons. The average Bonchev–Trinajstić information content (AvgIpc) is 2.35. The third-order valence-corrected chi connectivity index (χ3v) is 2.68. The van der Waals surface area contributed by atoms with Gasteiger partial charge in [0.2, 0.25) is 0 Å². The highest BCUT2D eigenvalue weighted by atomic mass is 19.1. The number of rotatable bonds is 4. The second-order valence-electron chi connectivity index (χ2n) is 4.37. The largest absolute Gasteiger partial charge is 0.385 e. The second-order valence-corrected chi connectivity index (χ2v) is 4.37. The van der Waals surface area contributed by atoms with Crippen molar-refractivity contribution < 1.29 is 4.39 Å². The van der Waals surface area contributed by atoms with Crippen LogP contribution in [0.25, 0.3) is 11.3 Å². The maximum absolute atomic E-state index is 13.4. The topological polar surface area (TPSA) is 24.9 Å². The summed E-state index contributed by atoms with van der Waals surface area (Å²) in [4.78, 5) is 4.29. The number of nitrogens with zero attached hydrogens (tertiary/aromatic N) is 1. The first-order valence-corrected chi connectivity index (χ1v) is 6.16. The van der Waals surface area contributed by atoms with Gasteiger partial charge in [-0.25, -0.2) is 4.39 Å². The van der Waals surface area contributed by atoms with Gasteiger partial charge in [-0.2, -0.15) is 0 Å². The highest BCUT2D eigenvalue weighted by Gasteiger charge is 2.03. The Balaban J connectivity index is 2.32. The number of nitrogens with one attached hydrogen (secondary N) is 1. The van der Waals surface area contributed by atoms with Gasteiger partial charge in [0.05, 0.1) is 5.69 Å². The SMILES string of the molecule is CCCNc1ccnc(-c2cc(C)cc(F)c2)c1. The van der Waals surface area contributed by atoms with Crippen LogP contribution in [0.4, 0.5) is 10.1 Å². The number of hydrogen-bond acceptors (Lipinski definition) is 2. The summed E-state index contributed by atoms with van der Waals surface area (Å²) in [7, 11) is 0. The second kappa shape index (κ2) is 5.63. The van der Waals surface area contributed by atoms with E-state index >= 15 is 0 Å². The molecule has 2 rings (SSSR count). The van der Waals surface area contributed by atoms with Crippen molar-refractivity contribution in [3.05, 3.63) is 47.9 Å². The summed E-state index contributed by atoms with van der Waals surface area (Å²) in [6.07, 6.45) is 2.81. The van der Waals surface area contributed by atoms with Crippen LogP contribution in [0.3, 0.4) is 0 Å². The fraction of sp³-hybridized carbons (Fsp3) is 0.267. The van der Waals surface area contributed by atoms with Gasteiger partial charge in [-0.05, 0) is 49.2 Å². The van der Waals surface area contributed by atoms with Crippen molar-refractivity contribution in [1.29, 1.82) is 0 Å². The molecule has 3 heteroatoms. The minimum Gasteiger partial charge on any atom is -0.385 e. The normalized spacial score (nSPS) is 10.4. The monoisotopic (exact) mass is 244 g/mol. The molecule has 0 aliphatic heterocycles. The molecule has 0 saturated carbocycles. The summed E-state index contributed by atoms with van der Waals surface area (Å²) >= 11 is 0. The van der Waals surface area contributed by atoms with Crippen LogP contribution >= 0.6 is 0 Å². The van der Waals surface area contributed by atoms with E-state index in [-0.39, 0.29) is 5.82 Å². The van der Waals surface area contributed by atoms with Gasteiger partial charge in [0, 0.05) is 24.0 Å². The van der Waals surface area contributed by atoms with E-state index in [1.165, 1.54) is 12.1 Å². The molecule has 18 heavy (non-hydrogen) atoms. The molecule has 0 bridgehead atoms. The highest BCUT2D eigenvalue weighted by Crippen LogP contribution is 2.22. The Morgan fingerprint density at radius 1 is 1.22 bits per heavy atom. The fourth-order valence-electron chi connectivity index (χ4n) is 1.85. The number of anilines is 1. The van der Waals surface area contributed by atoms with E-state index in [9.17, 15) is 4.39 Å².